The lowest BCUT2D eigenvalue weighted by Crippen LogP contribution is -1.98. The Hall–Kier alpha value is -1.87. The minimum atomic E-state index is -0.0757. The summed E-state index contributed by atoms with van der Waals surface area (Å²) in [7, 11) is 0. The van der Waals surface area contributed by atoms with E-state index in [0.29, 0.717) is 5.56 Å². The van der Waals surface area contributed by atoms with Crippen LogP contribution in [0, 0.1) is 0 Å². The van der Waals surface area contributed by atoms with E-state index in [-0.39, 0.29) is 5.05 Å². The van der Waals surface area contributed by atoms with Crippen molar-refractivity contribution >= 4 is 40.3 Å². The molecule has 0 radical (unpaired) electrons. The van der Waals surface area contributed by atoms with Crippen LogP contribution in [0.1, 0.15) is 37.3 Å². The highest BCUT2D eigenvalue weighted by molar-refractivity contribution is 7.80. The van der Waals surface area contributed by atoms with Gasteiger partial charge in [-0.05, 0) is 72.2 Å². The van der Waals surface area contributed by atoms with Crippen LogP contribution in [0.15, 0.2) is 47.5 Å². The van der Waals surface area contributed by atoms with Gasteiger partial charge >= 0.3 is 0 Å². The summed E-state index contributed by atoms with van der Waals surface area (Å²) >= 11 is 9.52. The molecular formula is C19H19NOS2. The Bertz CT molecular complexity index is 732. The lowest BCUT2D eigenvalue weighted by atomic mass is 9.94. The molecule has 0 amide bonds. The molecule has 23 heavy (non-hydrogen) atoms. The summed E-state index contributed by atoms with van der Waals surface area (Å²) in [6.45, 7) is 2.20. The number of thiocarbonyl (C=S) groups is 2. The lowest BCUT2D eigenvalue weighted by Gasteiger charge is -2.12. The zero-order valence-corrected chi connectivity index (χ0v) is 14.7. The van der Waals surface area contributed by atoms with Crippen LogP contribution in [-0.4, -0.2) is 15.3 Å². The van der Waals surface area contributed by atoms with Gasteiger partial charge in [0.05, 0.1) is 10.8 Å². The third-order valence-corrected chi connectivity index (χ3v) is 4.09. The number of hydrogen-bond acceptors (Lipinski definition) is 3. The first-order chi connectivity index (χ1) is 11.2. The van der Waals surface area contributed by atoms with Crippen molar-refractivity contribution in [2.24, 2.45) is 4.99 Å². The van der Waals surface area contributed by atoms with Crippen LogP contribution in [0.4, 0.5) is 5.69 Å². The first-order valence-corrected chi connectivity index (χ1v) is 8.52. The highest BCUT2D eigenvalue weighted by Gasteiger charge is 2.09. The maximum atomic E-state index is 9.61. The van der Waals surface area contributed by atoms with Crippen molar-refractivity contribution in [1.82, 2.24) is 0 Å². The number of hydrogen-bond donors (Lipinski definition) is 1. The topological polar surface area (TPSA) is 32.6 Å². The van der Waals surface area contributed by atoms with Crippen molar-refractivity contribution < 1.29 is 5.11 Å². The standard InChI is InChI=1S/C19H19NOS2/c1-2-3-4-5-14-6-7-16(19(21)23)12-18(14)15-8-10-17(11-9-15)20-13-22/h6-12H,2-5H2,1H3,(H,21,23). The van der Waals surface area contributed by atoms with Gasteiger partial charge in [-0.3, -0.25) is 0 Å². The fourth-order valence-electron chi connectivity index (χ4n) is 2.53. The maximum absolute atomic E-state index is 9.61. The van der Waals surface area contributed by atoms with Crippen LogP contribution < -0.4 is 0 Å². The maximum Gasteiger partial charge on any atom is 0.188 e. The van der Waals surface area contributed by atoms with Crippen molar-refractivity contribution in [2.45, 2.75) is 32.6 Å². The molecule has 2 rings (SSSR count). The molecule has 0 bridgehead atoms. The van der Waals surface area contributed by atoms with Crippen LogP contribution in [0.5, 0.6) is 0 Å². The number of aliphatic hydroxyl groups excluding tert-OH is 1. The van der Waals surface area contributed by atoms with E-state index in [2.05, 4.69) is 35.4 Å². The largest absolute Gasteiger partial charge is 0.499 e. The molecule has 0 aromatic heterocycles. The molecule has 2 aromatic carbocycles. The second-order valence-corrected chi connectivity index (χ2v) is 5.95. The van der Waals surface area contributed by atoms with Gasteiger partial charge in [-0.25, -0.2) is 0 Å². The molecule has 0 aliphatic rings. The SMILES string of the molecule is CCCCCc1ccc(C(O)=S)cc1-c1ccc(N=C=S)cc1. The number of aryl methyl sites for hydroxylation is 1. The predicted molar refractivity (Wildman–Crippen MR) is 104 cm³/mol. The summed E-state index contributed by atoms with van der Waals surface area (Å²) in [6.07, 6.45) is 4.57. The summed E-state index contributed by atoms with van der Waals surface area (Å²) in [6, 6.07) is 13.7. The molecule has 0 saturated carbocycles. The highest BCUT2D eigenvalue weighted by atomic mass is 32.1. The molecular weight excluding hydrogens is 322 g/mol. The lowest BCUT2D eigenvalue weighted by molar-refractivity contribution is 0.571. The Morgan fingerprint density at radius 1 is 1.13 bits per heavy atom. The summed E-state index contributed by atoms with van der Waals surface area (Å²) in [4.78, 5) is 3.97. The first-order valence-electron chi connectivity index (χ1n) is 7.70. The molecule has 2 nitrogen and oxygen atoms in total. The molecule has 0 unspecified atom stereocenters. The Balaban J connectivity index is 2.40. The molecule has 0 heterocycles. The van der Waals surface area contributed by atoms with Crippen LogP contribution in [0.25, 0.3) is 11.1 Å². The summed E-state index contributed by atoms with van der Waals surface area (Å²) in [5.41, 5.74) is 4.91. The quantitative estimate of drug-likeness (QED) is 0.378. The molecule has 4 heteroatoms. The number of rotatable bonds is 7. The van der Waals surface area contributed by atoms with E-state index in [1.807, 2.05) is 36.4 Å². The van der Waals surface area contributed by atoms with Gasteiger partial charge in [0, 0.05) is 5.56 Å². The fraction of sp³-hybridized carbons (Fsp3) is 0.263. The Labute approximate surface area is 147 Å². The average Bonchev–Trinajstić information content (AvgIpc) is 2.56. The number of isothiocyanates is 1. The van der Waals surface area contributed by atoms with Crippen molar-refractivity contribution in [3.05, 3.63) is 53.6 Å². The van der Waals surface area contributed by atoms with E-state index < -0.39 is 0 Å². The van der Waals surface area contributed by atoms with Gasteiger partial charge in [0.25, 0.3) is 0 Å². The van der Waals surface area contributed by atoms with Crippen molar-refractivity contribution in [2.75, 3.05) is 0 Å². The number of unbranched alkanes of at least 4 members (excludes halogenated alkanes) is 2. The summed E-state index contributed by atoms with van der Waals surface area (Å²) in [5.74, 6) is 0. The zero-order valence-electron chi connectivity index (χ0n) is 13.1. The second-order valence-electron chi connectivity index (χ2n) is 5.38. The van der Waals surface area contributed by atoms with Crippen LogP contribution in [0.3, 0.4) is 0 Å². The third kappa shape index (κ3) is 4.80. The van der Waals surface area contributed by atoms with E-state index in [9.17, 15) is 5.11 Å². The van der Waals surface area contributed by atoms with Gasteiger partial charge in [0.15, 0.2) is 5.05 Å². The highest BCUT2D eigenvalue weighted by Crippen LogP contribution is 2.28. The predicted octanol–water partition coefficient (Wildman–Crippen LogP) is 6.05. The summed E-state index contributed by atoms with van der Waals surface area (Å²) < 4.78 is 0. The average molecular weight is 342 g/mol. The second kappa shape index (κ2) is 8.68. The Kier molecular flexibility index (Phi) is 6.60. The number of aliphatic hydroxyl groups is 1. The number of nitrogens with zero attached hydrogens (tertiary/aromatic N) is 1. The Morgan fingerprint density at radius 3 is 2.48 bits per heavy atom. The van der Waals surface area contributed by atoms with Crippen LogP contribution in [0.2, 0.25) is 0 Å². The molecule has 118 valence electrons. The van der Waals surface area contributed by atoms with Crippen LogP contribution in [-0.2, 0) is 6.42 Å². The van der Waals surface area contributed by atoms with E-state index in [4.69, 9.17) is 12.2 Å². The minimum Gasteiger partial charge on any atom is -0.499 e. The fourth-order valence-corrected chi connectivity index (χ4v) is 2.76. The normalized spacial score (nSPS) is 10.1. The number of aliphatic imine (C=N–C) groups is 1. The smallest absolute Gasteiger partial charge is 0.188 e. The molecule has 0 fully saturated rings. The first kappa shape index (κ1) is 17.5. The Morgan fingerprint density at radius 2 is 1.87 bits per heavy atom. The summed E-state index contributed by atoms with van der Waals surface area (Å²) in [5, 5.41) is 11.9. The van der Waals surface area contributed by atoms with E-state index in [1.165, 1.54) is 18.4 Å². The van der Waals surface area contributed by atoms with Crippen molar-refractivity contribution in [3.63, 3.8) is 0 Å². The van der Waals surface area contributed by atoms with Gasteiger partial charge in [-0.15, -0.1) is 0 Å². The molecule has 0 aliphatic carbocycles. The van der Waals surface area contributed by atoms with Crippen molar-refractivity contribution in [1.29, 1.82) is 0 Å². The van der Waals surface area contributed by atoms with E-state index in [1.54, 1.807) is 0 Å². The zero-order chi connectivity index (χ0) is 16.7. The third-order valence-electron chi connectivity index (χ3n) is 3.76. The molecule has 1 N–H and O–H groups in total. The van der Waals surface area contributed by atoms with Crippen LogP contribution >= 0.6 is 24.4 Å². The number of benzene rings is 2. The molecule has 0 aliphatic heterocycles. The van der Waals surface area contributed by atoms with Crippen molar-refractivity contribution in [3.8, 4) is 11.1 Å². The van der Waals surface area contributed by atoms with Gasteiger partial charge < -0.3 is 5.11 Å². The van der Waals surface area contributed by atoms with E-state index in [0.717, 1.165) is 29.7 Å². The van der Waals surface area contributed by atoms with Gasteiger partial charge in [0.1, 0.15) is 0 Å². The molecule has 0 saturated heterocycles. The monoisotopic (exact) mass is 341 g/mol. The van der Waals surface area contributed by atoms with Gasteiger partial charge in [-0.2, -0.15) is 4.99 Å². The van der Waals surface area contributed by atoms with Gasteiger partial charge in [0.2, 0.25) is 0 Å². The molecule has 2 aromatic rings. The molecule has 0 spiro atoms. The van der Waals surface area contributed by atoms with Gasteiger partial charge in [-0.1, -0.05) is 44.0 Å². The molecule has 0 atom stereocenters. The van der Waals surface area contributed by atoms with E-state index >= 15 is 0 Å². The minimum absolute atomic E-state index is 0.0757.